The van der Waals surface area contributed by atoms with E-state index >= 15 is 0 Å². The highest BCUT2D eigenvalue weighted by molar-refractivity contribution is 6.02. The number of carbonyl (C=O) groups excluding carboxylic acids is 2. The number of ether oxygens (including phenoxy) is 1. The maximum atomic E-state index is 13.5. The molecule has 0 radical (unpaired) electrons. The maximum Gasteiger partial charge on any atom is 0.254 e. The predicted octanol–water partition coefficient (Wildman–Crippen LogP) is 3.88. The fourth-order valence-electron chi connectivity index (χ4n) is 5.13. The number of nitrogens with zero attached hydrogens (tertiary/aromatic N) is 1. The van der Waals surface area contributed by atoms with Gasteiger partial charge in [-0.05, 0) is 44.2 Å². The third-order valence-corrected chi connectivity index (χ3v) is 6.58. The Morgan fingerprint density at radius 3 is 2.68 bits per heavy atom. The first-order chi connectivity index (χ1) is 13.6. The number of hydrogen-bond acceptors (Lipinski definition) is 3. The van der Waals surface area contributed by atoms with E-state index in [9.17, 15) is 9.59 Å². The van der Waals surface area contributed by atoms with E-state index in [2.05, 4.69) is 24.1 Å². The van der Waals surface area contributed by atoms with Crippen molar-refractivity contribution in [3.8, 4) is 0 Å². The molecule has 2 amide bonds. The van der Waals surface area contributed by atoms with Crippen molar-refractivity contribution in [2.75, 3.05) is 20.3 Å². The van der Waals surface area contributed by atoms with Gasteiger partial charge in [-0.1, -0.05) is 44.4 Å². The molecule has 1 fully saturated rings. The zero-order valence-corrected chi connectivity index (χ0v) is 17.5. The smallest absolute Gasteiger partial charge is 0.254 e. The summed E-state index contributed by atoms with van der Waals surface area (Å²) in [6.07, 6.45) is 6.77. The molecule has 28 heavy (non-hydrogen) atoms. The van der Waals surface area contributed by atoms with Crippen LogP contribution in [0.5, 0.6) is 0 Å². The van der Waals surface area contributed by atoms with E-state index in [4.69, 9.17) is 4.74 Å². The van der Waals surface area contributed by atoms with Crippen LogP contribution in [0, 0.1) is 0 Å². The summed E-state index contributed by atoms with van der Waals surface area (Å²) in [6, 6.07) is 7.83. The van der Waals surface area contributed by atoms with Crippen molar-refractivity contribution in [2.24, 2.45) is 0 Å². The number of hydrogen-bond donors (Lipinski definition) is 1. The van der Waals surface area contributed by atoms with E-state index in [1.54, 1.807) is 7.11 Å². The van der Waals surface area contributed by atoms with Gasteiger partial charge in [-0.2, -0.15) is 0 Å². The number of carbonyl (C=O) groups is 2. The lowest BCUT2D eigenvalue weighted by Gasteiger charge is -2.55. The second-order valence-electron chi connectivity index (χ2n) is 8.25. The van der Waals surface area contributed by atoms with E-state index in [0.717, 1.165) is 44.1 Å². The Bertz CT molecular complexity index is 697. The average molecular weight is 387 g/mol. The second-order valence-corrected chi connectivity index (χ2v) is 8.25. The number of benzene rings is 1. The van der Waals surface area contributed by atoms with Crippen LogP contribution in [0.4, 0.5) is 0 Å². The van der Waals surface area contributed by atoms with Gasteiger partial charge >= 0.3 is 0 Å². The van der Waals surface area contributed by atoms with Crippen molar-refractivity contribution in [2.45, 2.75) is 76.3 Å². The molecule has 1 aliphatic heterocycles. The highest BCUT2D eigenvalue weighted by Crippen LogP contribution is 2.50. The van der Waals surface area contributed by atoms with Crippen LogP contribution in [-0.2, 0) is 9.53 Å². The van der Waals surface area contributed by atoms with Gasteiger partial charge in [0.15, 0.2) is 0 Å². The highest BCUT2D eigenvalue weighted by Gasteiger charge is 2.55. The monoisotopic (exact) mass is 386 g/mol. The minimum atomic E-state index is -0.412. The molecule has 2 aliphatic rings. The van der Waals surface area contributed by atoms with Crippen LogP contribution in [0.1, 0.15) is 80.6 Å². The largest absolute Gasteiger partial charge is 0.385 e. The summed E-state index contributed by atoms with van der Waals surface area (Å²) in [7, 11) is 1.67. The summed E-state index contributed by atoms with van der Waals surface area (Å²) in [5.41, 5.74) is 1.18. The summed E-state index contributed by atoms with van der Waals surface area (Å²) in [6.45, 7) is 5.47. The third-order valence-electron chi connectivity index (χ3n) is 6.58. The highest BCUT2D eigenvalue weighted by atomic mass is 16.5. The van der Waals surface area contributed by atoms with Gasteiger partial charge in [0.1, 0.15) is 0 Å². The van der Waals surface area contributed by atoms with Gasteiger partial charge in [0.05, 0.1) is 11.5 Å². The normalized spacial score (nSPS) is 22.0. The first-order valence-corrected chi connectivity index (χ1v) is 10.8. The fraction of sp³-hybridized carbons (Fsp3) is 0.652. The zero-order chi connectivity index (χ0) is 20.1. The number of methoxy groups -OCH3 is 1. The predicted molar refractivity (Wildman–Crippen MR) is 110 cm³/mol. The molecular weight excluding hydrogens is 352 g/mol. The van der Waals surface area contributed by atoms with E-state index in [1.165, 1.54) is 6.42 Å². The van der Waals surface area contributed by atoms with Gasteiger partial charge in [-0.25, -0.2) is 0 Å². The van der Waals surface area contributed by atoms with Gasteiger partial charge in [0.25, 0.3) is 5.91 Å². The quantitative estimate of drug-likeness (QED) is 0.724. The lowest BCUT2D eigenvalue weighted by molar-refractivity contribution is -0.128. The van der Waals surface area contributed by atoms with E-state index in [1.807, 2.05) is 24.3 Å². The number of nitrogens with one attached hydrogen (secondary N) is 1. The minimum Gasteiger partial charge on any atom is -0.385 e. The van der Waals surface area contributed by atoms with Crippen LogP contribution in [0.3, 0.4) is 0 Å². The Hall–Kier alpha value is -1.88. The molecule has 0 saturated heterocycles. The molecule has 0 aromatic heterocycles. The number of rotatable bonds is 7. The summed E-state index contributed by atoms with van der Waals surface area (Å²) in [5, 5.41) is 3.14. The fourth-order valence-corrected chi connectivity index (χ4v) is 5.13. The molecular formula is C23H34N2O3. The summed E-state index contributed by atoms with van der Waals surface area (Å²) < 4.78 is 5.11. The van der Waals surface area contributed by atoms with Gasteiger partial charge in [0, 0.05) is 31.9 Å². The standard InChI is InChI=1S/C23H34N2O3/c1-4-17(2)25-22(27)19-12-7-6-11-18(19)20(21(26)24-15-10-16-28-3)23(25)13-8-5-9-14-23/h6-7,11-12,17,20H,4-5,8-10,13-16H2,1-3H3,(H,24,26)/t17-,20+/m0/s1. The van der Waals surface area contributed by atoms with Gasteiger partial charge in [-0.3, -0.25) is 9.59 Å². The first kappa shape index (κ1) is 20.8. The Morgan fingerprint density at radius 1 is 1.29 bits per heavy atom. The molecule has 2 atom stereocenters. The summed E-state index contributed by atoms with van der Waals surface area (Å²) >= 11 is 0. The molecule has 5 heteroatoms. The Balaban J connectivity index is 2.04. The van der Waals surface area contributed by atoms with Crippen molar-refractivity contribution in [3.63, 3.8) is 0 Å². The van der Waals surface area contributed by atoms with Gasteiger partial charge < -0.3 is 15.0 Å². The molecule has 1 aliphatic carbocycles. The Labute approximate surface area is 168 Å². The van der Waals surface area contributed by atoms with Gasteiger partial charge in [0.2, 0.25) is 5.91 Å². The molecule has 5 nitrogen and oxygen atoms in total. The molecule has 3 rings (SSSR count). The lowest BCUT2D eigenvalue weighted by Crippen LogP contribution is -2.64. The molecule has 1 aromatic carbocycles. The van der Waals surface area contributed by atoms with Crippen LogP contribution in [0.2, 0.25) is 0 Å². The van der Waals surface area contributed by atoms with E-state index < -0.39 is 5.54 Å². The summed E-state index contributed by atoms with van der Waals surface area (Å²) in [4.78, 5) is 29.1. The van der Waals surface area contributed by atoms with Crippen LogP contribution in [0.25, 0.3) is 0 Å². The van der Waals surface area contributed by atoms with Crippen molar-refractivity contribution in [1.29, 1.82) is 0 Å². The third kappa shape index (κ3) is 3.69. The number of amides is 2. The molecule has 1 saturated carbocycles. The average Bonchev–Trinajstić information content (AvgIpc) is 2.72. The molecule has 1 spiro atoms. The lowest BCUT2D eigenvalue weighted by atomic mass is 9.64. The number of fused-ring (bicyclic) bond motifs is 1. The van der Waals surface area contributed by atoms with Crippen molar-refractivity contribution < 1.29 is 14.3 Å². The minimum absolute atomic E-state index is 0.0475. The topological polar surface area (TPSA) is 58.6 Å². The van der Waals surface area contributed by atoms with Crippen LogP contribution in [0.15, 0.2) is 24.3 Å². The van der Waals surface area contributed by atoms with Crippen molar-refractivity contribution in [1.82, 2.24) is 10.2 Å². The SMILES string of the molecule is CC[C@H](C)N1C(=O)c2ccccc2[C@H](C(=O)NCCCOC)C12CCCCC2. The summed E-state index contributed by atoms with van der Waals surface area (Å²) in [5.74, 6) is -0.167. The second kappa shape index (κ2) is 9.08. The maximum absolute atomic E-state index is 13.5. The Kier molecular flexibility index (Phi) is 6.76. The van der Waals surface area contributed by atoms with E-state index in [0.29, 0.717) is 18.7 Å². The molecule has 1 heterocycles. The molecule has 154 valence electrons. The molecule has 0 bridgehead atoms. The molecule has 1 aromatic rings. The van der Waals surface area contributed by atoms with Crippen LogP contribution < -0.4 is 5.32 Å². The Morgan fingerprint density at radius 2 is 2.00 bits per heavy atom. The van der Waals surface area contributed by atoms with E-state index in [-0.39, 0.29) is 23.8 Å². The van der Waals surface area contributed by atoms with Crippen molar-refractivity contribution in [3.05, 3.63) is 35.4 Å². The molecule has 1 N–H and O–H groups in total. The van der Waals surface area contributed by atoms with Gasteiger partial charge in [-0.15, -0.1) is 0 Å². The molecule has 0 unspecified atom stereocenters. The zero-order valence-electron chi connectivity index (χ0n) is 17.5. The van der Waals surface area contributed by atoms with Crippen LogP contribution >= 0.6 is 0 Å². The van der Waals surface area contributed by atoms with Crippen molar-refractivity contribution >= 4 is 11.8 Å². The first-order valence-electron chi connectivity index (χ1n) is 10.8. The van der Waals surface area contributed by atoms with Crippen LogP contribution in [-0.4, -0.2) is 48.6 Å².